The lowest BCUT2D eigenvalue weighted by molar-refractivity contribution is -0.170. The van der Waals surface area contributed by atoms with E-state index in [2.05, 4.69) is 9.72 Å². The lowest BCUT2D eigenvalue weighted by Gasteiger charge is -2.17. The van der Waals surface area contributed by atoms with Crippen molar-refractivity contribution in [2.75, 3.05) is 18.9 Å². The average molecular weight is 282 g/mol. The van der Waals surface area contributed by atoms with Gasteiger partial charge >= 0.3 is 12.3 Å². The largest absolute Gasteiger partial charge is 0.398 e. The van der Waals surface area contributed by atoms with Crippen LogP contribution in [0, 0.1) is 0 Å². The van der Waals surface area contributed by atoms with Gasteiger partial charge in [-0.3, -0.25) is 4.98 Å². The van der Waals surface area contributed by atoms with Crippen LogP contribution < -0.4 is 5.73 Å². The van der Waals surface area contributed by atoms with Crippen LogP contribution in [0.5, 0.6) is 0 Å². The number of aliphatic hydroxyl groups excluding tert-OH is 1. The Hall–Kier alpha value is -1.41. The fourth-order valence-electron chi connectivity index (χ4n) is 1.32. The van der Waals surface area contributed by atoms with Crippen LogP contribution in [0.4, 0.5) is 23.2 Å². The minimum Gasteiger partial charge on any atom is -0.398 e. The Morgan fingerprint density at radius 3 is 2.68 bits per heavy atom. The molecule has 0 fully saturated rings. The number of pyridine rings is 1. The zero-order chi connectivity index (χ0) is 14.5. The molecule has 1 rings (SSSR count). The molecule has 0 bridgehead atoms. The van der Waals surface area contributed by atoms with E-state index >= 15 is 0 Å². The molecular weight excluding hydrogens is 268 g/mol. The van der Waals surface area contributed by atoms with E-state index in [0.717, 1.165) is 0 Å². The average Bonchev–Trinajstić information content (AvgIpc) is 2.31. The van der Waals surface area contributed by atoms with Crippen LogP contribution in [0.2, 0.25) is 0 Å². The summed E-state index contributed by atoms with van der Waals surface area (Å²) >= 11 is 0. The molecule has 1 unspecified atom stereocenters. The number of alkyl halides is 4. The minimum atomic E-state index is -4.22. The second kappa shape index (κ2) is 6.67. The molecule has 0 spiro atoms. The van der Waals surface area contributed by atoms with Gasteiger partial charge in [0.15, 0.2) is 0 Å². The molecule has 0 aromatic carbocycles. The maximum Gasteiger partial charge on any atom is 0.330 e. The van der Waals surface area contributed by atoms with Crippen molar-refractivity contribution < 1.29 is 27.4 Å². The van der Waals surface area contributed by atoms with Crippen molar-refractivity contribution in [3.8, 4) is 0 Å². The summed E-state index contributed by atoms with van der Waals surface area (Å²) in [5.74, 6) is -4.22. The number of nitrogen functional groups attached to an aromatic ring is 1. The molecule has 0 aliphatic heterocycles. The molecule has 0 radical (unpaired) electrons. The Labute approximate surface area is 107 Å². The van der Waals surface area contributed by atoms with Gasteiger partial charge in [-0.15, -0.1) is 0 Å². The lowest BCUT2D eigenvalue weighted by atomic mass is 10.1. The van der Waals surface area contributed by atoms with Crippen LogP contribution in [0.1, 0.15) is 5.56 Å². The standard InChI is InChI=1S/C11H14F4N2O2/c12-10(13)11(14,15)6-19-5-8(18)3-7-4-17-2-1-9(7)16/h1-2,4,8,10,18H,3,5-6H2,(H2,16,17). The Morgan fingerprint density at radius 2 is 2.11 bits per heavy atom. The van der Waals surface area contributed by atoms with Crippen molar-refractivity contribution in [3.63, 3.8) is 0 Å². The number of nitrogens with two attached hydrogens (primary N) is 1. The van der Waals surface area contributed by atoms with E-state index in [1.165, 1.54) is 18.5 Å². The quantitative estimate of drug-likeness (QED) is 0.743. The van der Waals surface area contributed by atoms with E-state index < -0.39 is 31.7 Å². The smallest absolute Gasteiger partial charge is 0.330 e. The van der Waals surface area contributed by atoms with Gasteiger partial charge in [0.1, 0.15) is 6.61 Å². The van der Waals surface area contributed by atoms with Crippen LogP contribution in [0.3, 0.4) is 0 Å². The molecule has 0 amide bonds. The highest BCUT2D eigenvalue weighted by atomic mass is 19.3. The first-order valence-corrected chi connectivity index (χ1v) is 5.43. The predicted molar refractivity (Wildman–Crippen MR) is 60.1 cm³/mol. The number of nitrogens with zero attached hydrogens (tertiary/aromatic N) is 1. The van der Waals surface area contributed by atoms with E-state index in [1.807, 2.05) is 0 Å². The Balaban J connectivity index is 2.37. The number of aromatic nitrogens is 1. The Bertz CT molecular complexity index is 404. The van der Waals surface area contributed by atoms with Crippen LogP contribution in [-0.4, -0.2) is 41.8 Å². The molecule has 1 aromatic rings. The van der Waals surface area contributed by atoms with Crippen molar-refractivity contribution in [2.24, 2.45) is 0 Å². The van der Waals surface area contributed by atoms with Crippen LogP contribution in [0.25, 0.3) is 0 Å². The van der Waals surface area contributed by atoms with Gasteiger partial charge in [-0.2, -0.15) is 8.78 Å². The van der Waals surface area contributed by atoms with E-state index in [-0.39, 0.29) is 6.42 Å². The summed E-state index contributed by atoms with van der Waals surface area (Å²) in [5.41, 5.74) is 6.52. The van der Waals surface area contributed by atoms with Gasteiger partial charge in [0.25, 0.3) is 0 Å². The van der Waals surface area contributed by atoms with Gasteiger partial charge in [-0.1, -0.05) is 0 Å². The van der Waals surface area contributed by atoms with E-state index in [1.54, 1.807) is 0 Å². The molecule has 0 aliphatic rings. The van der Waals surface area contributed by atoms with Gasteiger partial charge in [-0.05, 0) is 11.6 Å². The molecule has 8 heteroatoms. The highest BCUT2D eigenvalue weighted by Crippen LogP contribution is 2.23. The van der Waals surface area contributed by atoms with Crippen molar-refractivity contribution >= 4 is 5.69 Å². The lowest BCUT2D eigenvalue weighted by Crippen LogP contribution is -2.34. The first kappa shape index (κ1) is 15.6. The summed E-state index contributed by atoms with van der Waals surface area (Å²) in [6.45, 7) is -1.93. The molecule has 1 aromatic heterocycles. The molecule has 4 nitrogen and oxygen atoms in total. The van der Waals surface area contributed by atoms with Gasteiger partial charge in [0, 0.05) is 24.5 Å². The van der Waals surface area contributed by atoms with E-state index in [9.17, 15) is 22.7 Å². The summed E-state index contributed by atoms with van der Waals surface area (Å²) in [4.78, 5) is 3.79. The summed E-state index contributed by atoms with van der Waals surface area (Å²) < 4.78 is 53.0. The number of halogens is 4. The number of ether oxygens (including phenoxy) is 1. The van der Waals surface area contributed by atoms with Gasteiger partial charge in [0.2, 0.25) is 0 Å². The summed E-state index contributed by atoms with van der Waals surface area (Å²) in [6, 6.07) is 1.52. The number of aliphatic hydroxyl groups is 1. The van der Waals surface area contributed by atoms with Crippen LogP contribution >= 0.6 is 0 Å². The third-order valence-corrected chi connectivity index (χ3v) is 2.32. The monoisotopic (exact) mass is 282 g/mol. The molecule has 108 valence electrons. The number of hydrogen-bond acceptors (Lipinski definition) is 4. The van der Waals surface area contributed by atoms with Crippen LogP contribution in [0.15, 0.2) is 18.5 Å². The topological polar surface area (TPSA) is 68.4 Å². The third-order valence-electron chi connectivity index (χ3n) is 2.32. The van der Waals surface area contributed by atoms with Gasteiger partial charge < -0.3 is 15.6 Å². The molecule has 0 saturated carbocycles. The highest BCUT2D eigenvalue weighted by molar-refractivity contribution is 5.44. The molecular formula is C11H14F4N2O2. The number of hydrogen-bond donors (Lipinski definition) is 2. The van der Waals surface area contributed by atoms with Crippen molar-refractivity contribution in [1.82, 2.24) is 4.98 Å². The zero-order valence-corrected chi connectivity index (χ0v) is 9.90. The SMILES string of the molecule is Nc1ccncc1CC(O)COCC(F)(F)C(F)F. The predicted octanol–water partition coefficient (Wildman–Crippen LogP) is 1.48. The first-order valence-electron chi connectivity index (χ1n) is 5.43. The Morgan fingerprint density at radius 1 is 1.42 bits per heavy atom. The van der Waals surface area contributed by atoms with E-state index in [0.29, 0.717) is 11.3 Å². The molecule has 1 heterocycles. The minimum absolute atomic E-state index is 0.0416. The normalized spacial score (nSPS) is 13.8. The fourth-order valence-corrected chi connectivity index (χ4v) is 1.32. The third kappa shape index (κ3) is 4.99. The van der Waals surface area contributed by atoms with Gasteiger partial charge in [-0.25, -0.2) is 8.78 Å². The highest BCUT2D eigenvalue weighted by Gasteiger charge is 2.41. The molecule has 3 N–H and O–H groups in total. The maximum atomic E-state index is 12.5. The molecule has 1 atom stereocenters. The van der Waals surface area contributed by atoms with Crippen molar-refractivity contribution in [2.45, 2.75) is 24.9 Å². The second-order valence-corrected chi connectivity index (χ2v) is 4.01. The number of rotatable bonds is 7. The molecule has 0 aliphatic carbocycles. The fraction of sp³-hybridized carbons (Fsp3) is 0.545. The summed E-state index contributed by atoms with van der Waals surface area (Å²) in [5, 5.41) is 9.52. The van der Waals surface area contributed by atoms with Crippen molar-refractivity contribution in [3.05, 3.63) is 24.0 Å². The molecule has 19 heavy (non-hydrogen) atoms. The zero-order valence-electron chi connectivity index (χ0n) is 9.90. The van der Waals surface area contributed by atoms with Crippen LogP contribution in [-0.2, 0) is 11.2 Å². The van der Waals surface area contributed by atoms with Gasteiger partial charge in [0.05, 0.1) is 12.7 Å². The first-order chi connectivity index (χ1) is 8.83. The maximum absolute atomic E-state index is 12.5. The number of anilines is 1. The molecule has 0 saturated heterocycles. The second-order valence-electron chi connectivity index (χ2n) is 4.01. The Kier molecular flexibility index (Phi) is 5.49. The van der Waals surface area contributed by atoms with Crippen molar-refractivity contribution in [1.29, 1.82) is 0 Å². The summed E-state index contributed by atoms with van der Waals surface area (Å²) in [7, 11) is 0. The van der Waals surface area contributed by atoms with E-state index in [4.69, 9.17) is 5.73 Å². The summed E-state index contributed by atoms with van der Waals surface area (Å²) in [6.07, 6.45) is -1.99.